The van der Waals surface area contributed by atoms with Crippen LogP contribution < -0.4 is 35.7 Å². The molecular formula is C59H45BN2O4. The number of anilines is 6. The lowest BCUT2D eigenvalue weighted by atomic mass is 9.33. The Balaban J connectivity index is 1.08. The zero-order chi connectivity index (χ0) is 44.3. The molecule has 0 fully saturated rings. The molecule has 0 radical (unpaired) electrons. The summed E-state index contributed by atoms with van der Waals surface area (Å²) in [7, 11) is 0. The number of hydrogen-bond acceptors (Lipinski definition) is 6. The molecule has 6 nitrogen and oxygen atoms in total. The molecule has 318 valence electrons. The van der Waals surface area contributed by atoms with E-state index in [0.29, 0.717) is 13.2 Å². The van der Waals surface area contributed by atoms with Gasteiger partial charge < -0.3 is 28.1 Å². The van der Waals surface area contributed by atoms with Crippen molar-refractivity contribution in [2.45, 2.75) is 33.1 Å². The fraction of sp³-hybridized carbons (Fsp3) is 0.119. The van der Waals surface area contributed by atoms with Crippen molar-refractivity contribution in [3.8, 4) is 45.3 Å². The summed E-state index contributed by atoms with van der Waals surface area (Å²) < 4.78 is 25.6. The van der Waals surface area contributed by atoms with Crippen molar-refractivity contribution in [1.82, 2.24) is 0 Å². The van der Waals surface area contributed by atoms with E-state index in [-0.39, 0.29) is 12.1 Å². The van der Waals surface area contributed by atoms with Gasteiger partial charge in [-0.15, -0.1) is 0 Å². The van der Waals surface area contributed by atoms with Crippen molar-refractivity contribution < 1.29 is 18.3 Å². The van der Waals surface area contributed by atoms with Crippen molar-refractivity contribution in [2.24, 2.45) is 0 Å². The summed E-state index contributed by atoms with van der Waals surface area (Å²) in [5, 5.41) is 2.17. The Morgan fingerprint density at radius 3 is 1.73 bits per heavy atom. The number of hydrogen-bond donors (Lipinski definition) is 0. The number of ether oxygens (including phenoxy) is 2. The molecule has 8 aromatic carbocycles. The highest BCUT2D eigenvalue weighted by atomic mass is 16.6. The molecule has 3 aliphatic rings. The average molecular weight is 857 g/mol. The number of nitrogens with zero attached hydrogens (tertiary/aromatic N) is 2. The van der Waals surface area contributed by atoms with Gasteiger partial charge in [-0.05, 0) is 130 Å². The van der Waals surface area contributed by atoms with Gasteiger partial charge in [-0.1, -0.05) is 106 Å². The molecule has 2 aromatic heterocycles. The number of aryl methyl sites for hydroxylation is 1. The summed E-state index contributed by atoms with van der Waals surface area (Å²) in [6.07, 6.45) is 0. The van der Waals surface area contributed by atoms with Gasteiger partial charge in [-0.2, -0.15) is 0 Å². The van der Waals surface area contributed by atoms with Crippen molar-refractivity contribution in [2.75, 3.05) is 23.0 Å². The summed E-state index contributed by atoms with van der Waals surface area (Å²) in [4.78, 5) is 4.95. The minimum absolute atomic E-state index is 0.0936. The molecule has 66 heavy (non-hydrogen) atoms. The molecule has 0 N–H and O–H groups in total. The van der Waals surface area contributed by atoms with Crippen molar-refractivity contribution >= 4 is 79.2 Å². The summed E-state index contributed by atoms with van der Waals surface area (Å²) >= 11 is 0. The van der Waals surface area contributed by atoms with Crippen LogP contribution in [-0.2, 0) is 5.41 Å². The third-order valence-corrected chi connectivity index (χ3v) is 13.6. The molecule has 5 heterocycles. The average Bonchev–Trinajstić information content (AvgIpc) is 3.99. The first-order valence-corrected chi connectivity index (χ1v) is 22.8. The maximum atomic E-state index is 6.58. The van der Waals surface area contributed by atoms with E-state index >= 15 is 0 Å². The van der Waals surface area contributed by atoms with Crippen LogP contribution in [0.3, 0.4) is 0 Å². The van der Waals surface area contributed by atoms with E-state index in [0.717, 1.165) is 107 Å². The topological polar surface area (TPSA) is 51.2 Å². The standard InChI is InChI=1S/C59H45BN2O4/c1-36-28-50-58-51(29-36)62(49-35-57-56(63-26-27-64-57)34-44(49)37-12-6-5-7-13-37)48-25-21-42(59(2,3)4)33-46(48)60(58)45-30-41(55-32-40-15-9-11-17-53(40)66-55)20-24-47(45)61(50)43-22-18-38(19-23-43)54-31-39-14-8-10-16-52(39)65-54/h5-25,28-35H,26-27H2,1-4H3. The number of fused-ring (bicyclic) bond motifs is 7. The van der Waals surface area contributed by atoms with E-state index in [9.17, 15) is 0 Å². The van der Waals surface area contributed by atoms with E-state index in [1.54, 1.807) is 0 Å². The molecular weight excluding hydrogens is 811 g/mol. The number of furan rings is 2. The van der Waals surface area contributed by atoms with Crippen LogP contribution in [0.5, 0.6) is 11.5 Å². The van der Waals surface area contributed by atoms with E-state index < -0.39 is 0 Å². The van der Waals surface area contributed by atoms with Gasteiger partial charge in [0.1, 0.15) is 35.9 Å². The van der Waals surface area contributed by atoms with E-state index in [1.165, 1.54) is 22.0 Å². The largest absolute Gasteiger partial charge is 0.486 e. The Morgan fingerprint density at radius 1 is 0.470 bits per heavy atom. The summed E-state index contributed by atoms with van der Waals surface area (Å²) in [5.74, 6) is 3.21. The number of rotatable bonds is 5. The highest BCUT2D eigenvalue weighted by molar-refractivity contribution is 7.00. The zero-order valence-electron chi connectivity index (χ0n) is 37.3. The first-order valence-electron chi connectivity index (χ1n) is 22.8. The molecule has 0 unspecified atom stereocenters. The lowest BCUT2D eigenvalue weighted by Gasteiger charge is -2.45. The second-order valence-electron chi connectivity index (χ2n) is 18.8. The van der Waals surface area contributed by atoms with Gasteiger partial charge >= 0.3 is 0 Å². The molecule has 0 atom stereocenters. The molecule has 0 saturated carbocycles. The molecule has 3 aliphatic heterocycles. The highest BCUT2D eigenvalue weighted by Crippen LogP contribution is 2.50. The Hall–Kier alpha value is -7.90. The molecule has 7 heteroatoms. The summed E-state index contributed by atoms with van der Waals surface area (Å²) in [6, 6.07) is 63.3. The van der Waals surface area contributed by atoms with Crippen LogP contribution in [0.1, 0.15) is 31.9 Å². The minimum Gasteiger partial charge on any atom is -0.486 e. The van der Waals surface area contributed by atoms with Crippen LogP contribution in [0.25, 0.3) is 55.7 Å². The van der Waals surface area contributed by atoms with Crippen LogP contribution in [0.4, 0.5) is 34.1 Å². The molecule has 0 spiro atoms. The van der Waals surface area contributed by atoms with Gasteiger partial charge in [-0.25, -0.2) is 0 Å². The van der Waals surface area contributed by atoms with Crippen molar-refractivity contribution in [3.05, 3.63) is 187 Å². The monoisotopic (exact) mass is 856 g/mol. The zero-order valence-corrected chi connectivity index (χ0v) is 37.3. The quantitative estimate of drug-likeness (QED) is 0.161. The third kappa shape index (κ3) is 6.10. The number of para-hydroxylation sites is 2. The Morgan fingerprint density at radius 2 is 1.05 bits per heavy atom. The predicted octanol–water partition coefficient (Wildman–Crippen LogP) is 13.6. The third-order valence-electron chi connectivity index (χ3n) is 13.6. The number of benzene rings is 8. The first-order chi connectivity index (χ1) is 32.2. The maximum Gasteiger partial charge on any atom is 0.252 e. The van der Waals surface area contributed by atoms with E-state index in [2.05, 4.69) is 183 Å². The van der Waals surface area contributed by atoms with Crippen LogP contribution in [0.15, 0.2) is 185 Å². The second kappa shape index (κ2) is 14.6. The van der Waals surface area contributed by atoms with Gasteiger partial charge in [0, 0.05) is 62.0 Å². The van der Waals surface area contributed by atoms with Crippen molar-refractivity contribution in [1.29, 1.82) is 0 Å². The van der Waals surface area contributed by atoms with E-state index in [4.69, 9.17) is 18.3 Å². The second-order valence-corrected chi connectivity index (χ2v) is 18.8. The van der Waals surface area contributed by atoms with Crippen LogP contribution in [0.2, 0.25) is 0 Å². The van der Waals surface area contributed by atoms with Gasteiger partial charge in [0.25, 0.3) is 6.71 Å². The fourth-order valence-electron chi connectivity index (χ4n) is 10.4. The Bertz CT molecular complexity index is 3500. The minimum atomic E-state index is -0.105. The lowest BCUT2D eigenvalue weighted by molar-refractivity contribution is 0.172. The van der Waals surface area contributed by atoms with Gasteiger partial charge in [-0.3, -0.25) is 0 Å². The van der Waals surface area contributed by atoms with Crippen molar-refractivity contribution in [3.63, 3.8) is 0 Å². The highest BCUT2D eigenvalue weighted by Gasteiger charge is 2.45. The maximum absolute atomic E-state index is 6.58. The molecule has 13 rings (SSSR count). The smallest absolute Gasteiger partial charge is 0.252 e. The Labute approximate surface area is 384 Å². The fourth-order valence-corrected chi connectivity index (χ4v) is 10.4. The molecule has 0 saturated heterocycles. The van der Waals surface area contributed by atoms with E-state index in [1.807, 2.05) is 30.3 Å². The lowest BCUT2D eigenvalue weighted by Crippen LogP contribution is -2.61. The Kier molecular flexibility index (Phi) is 8.51. The molecule has 0 aliphatic carbocycles. The normalized spacial score (nSPS) is 13.8. The summed E-state index contributed by atoms with van der Waals surface area (Å²) in [5.41, 5.74) is 18.7. The van der Waals surface area contributed by atoms with Crippen LogP contribution in [-0.4, -0.2) is 19.9 Å². The van der Waals surface area contributed by atoms with Gasteiger partial charge in [0.2, 0.25) is 0 Å². The SMILES string of the molecule is Cc1cc2c3c(c1)N(c1cc4c(cc1-c1ccccc1)OCCO4)c1ccc(C(C)(C)C)cc1B3c1cc(-c3cc4ccccc4o3)ccc1N2c1ccc(-c2cc3ccccc3o2)cc1. The van der Waals surface area contributed by atoms with Gasteiger partial charge in [0.15, 0.2) is 11.5 Å². The molecule has 10 aromatic rings. The van der Waals surface area contributed by atoms with Gasteiger partial charge in [0.05, 0.1) is 5.69 Å². The molecule has 0 amide bonds. The summed E-state index contributed by atoms with van der Waals surface area (Å²) in [6.45, 7) is 10.0. The van der Waals surface area contributed by atoms with Crippen LogP contribution in [0, 0.1) is 6.92 Å². The molecule has 0 bridgehead atoms. The predicted molar refractivity (Wildman–Crippen MR) is 271 cm³/mol. The van der Waals surface area contributed by atoms with Crippen LogP contribution >= 0.6 is 0 Å². The first kappa shape index (κ1) is 38.6.